The molecular weight excluding hydrogens is 436 g/mol. The molecule has 0 unspecified atom stereocenters. The van der Waals surface area contributed by atoms with E-state index in [0.29, 0.717) is 29.5 Å². The molecule has 0 bridgehead atoms. The first-order valence-electron chi connectivity index (χ1n) is 10.7. The Balaban J connectivity index is 1.47. The van der Waals surface area contributed by atoms with Gasteiger partial charge in [-0.1, -0.05) is 42.5 Å². The second-order valence-electron chi connectivity index (χ2n) is 7.72. The molecule has 0 spiro atoms. The van der Waals surface area contributed by atoms with Crippen LogP contribution in [0, 0.1) is 11.6 Å². The van der Waals surface area contributed by atoms with Gasteiger partial charge in [0.25, 0.3) is 0 Å². The second-order valence-corrected chi connectivity index (χ2v) is 7.72. The summed E-state index contributed by atoms with van der Waals surface area (Å²) in [6, 6.07) is 25.9. The Hall–Kier alpha value is -4.39. The van der Waals surface area contributed by atoms with Gasteiger partial charge in [0.15, 0.2) is 23.1 Å². The molecule has 5 rings (SSSR count). The van der Waals surface area contributed by atoms with Gasteiger partial charge in [0.1, 0.15) is 18.1 Å². The molecule has 170 valence electrons. The lowest BCUT2D eigenvalue weighted by atomic mass is 10.1. The maximum Gasteiger partial charge on any atom is 0.165 e. The molecule has 2 heterocycles. The van der Waals surface area contributed by atoms with E-state index in [1.54, 1.807) is 36.6 Å². The van der Waals surface area contributed by atoms with Gasteiger partial charge in [0, 0.05) is 24.4 Å². The summed E-state index contributed by atoms with van der Waals surface area (Å²) in [7, 11) is 0. The van der Waals surface area contributed by atoms with Crippen molar-refractivity contribution >= 4 is 11.5 Å². The number of nitrogens with zero attached hydrogens (tertiary/aromatic N) is 2. The van der Waals surface area contributed by atoms with Gasteiger partial charge in [-0.2, -0.15) is 5.10 Å². The number of hydrogen-bond donors (Lipinski definition) is 1. The Morgan fingerprint density at radius 2 is 1.68 bits per heavy atom. The molecular formula is C27H21F2N3O2. The maximum atomic E-state index is 14.6. The lowest BCUT2D eigenvalue weighted by molar-refractivity contribution is 0.290. The van der Waals surface area contributed by atoms with Crippen molar-refractivity contribution in [2.45, 2.75) is 13.2 Å². The van der Waals surface area contributed by atoms with Crippen LogP contribution in [0.5, 0.6) is 5.75 Å². The number of furan rings is 1. The summed E-state index contributed by atoms with van der Waals surface area (Å²) >= 11 is 0. The lowest BCUT2D eigenvalue weighted by Gasteiger charge is -2.23. The van der Waals surface area contributed by atoms with E-state index in [-0.39, 0.29) is 18.2 Å². The molecule has 2 aromatic heterocycles. The molecule has 0 radical (unpaired) electrons. The van der Waals surface area contributed by atoms with Crippen LogP contribution in [0.25, 0.3) is 11.5 Å². The van der Waals surface area contributed by atoms with Crippen molar-refractivity contribution in [2.75, 3.05) is 4.90 Å². The average molecular weight is 457 g/mol. The van der Waals surface area contributed by atoms with Gasteiger partial charge in [0.2, 0.25) is 0 Å². The van der Waals surface area contributed by atoms with Crippen LogP contribution in [0.3, 0.4) is 0 Å². The molecule has 0 atom stereocenters. The highest BCUT2D eigenvalue weighted by Crippen LogP contribution is 2.33. The first-order valence-corrected chi connectivity index (χ1v) is 10.7. The largest absolute Gasteiger partial charge is 0.486 e. The van der Waals surface area contributed by atoms with Gasteiger partial charge >= 0.3 is 0 Å². The van der Waals surface area contributed by atoms with E-state index in [2.05, 4.69) is 10.2 Å². The summed E-state index contributed by atoms with van der Waals surface area (Å²) in [6.45, 7) is 0.622. The number of aromatic amines is 1. The molecule has 0 aliphatic carbocycles. The van der Waals surface area contributed by atoms with Crippen molar-refractivity contribution in [2.24, 2.45) is 0 Å². The number of benzene rings is 3. The van der Waals surface area contributed by atoms with Crippen LogP contribution in [-0.2, 0) is 13.2 Å². The minimum absolute atomic E-state index is 0.132. The topological polar surface area (TPSA) is 54.3 Å². The standard InChI is InChI=1S/C27H21F2N3O2/c28-21-10-8-19(9-11-21)17-32(27-16-24(30-31-27)25-7-4-14-33-25)22-12-13-23(29)26(15-22)34-18-20-5-2-1-3-6-20/h1-16H,17-18H2,(H,30,31). The van der Waals surface area contributed by atoms with Crippen molar-refractivity contribution in [3.8, 4) is 17.2 Å². The molecule has 0 saturated heterocycles. The number of ether oxygens (including phenoxy) is 1. The first kappa shape index (κ1) is 21.5. The predicted molar refractivity (Wildman–Crippen MR) is 126 cm³/mol. The van der Waals surface area contributed by atoms with Crippen molar-refractivity contribution in [1.82, 2.24) is 10.2 Å². The Bertz CT molecular complexity index is 1350. The van der Waals surface area contributed by atoms with Gasteiger partial charge in [-0.05, 0) is 47.5 Å². The number of H-pyrrole nitrogens is 1. The highest BCUT2D eigenvalue weighted by molar-refractivity contribution is 5.66. The quantitative estimate of drug-likeness (QED) is 0.276. The molecule has 0 saturated carbocycles. The van der Waals surface area contributed by atoms with Crippen LogP contribution < -0.4 is 9.64 Å². The second kappa shape index (κ2) is 9.62. The predicted octanol–water partition coefficient (Wildman–Crippen LogP) is 6.87. The van der Waals surface area contributed by atoms with Crippen molar-refractivity contribution < 1.29 is 17.9 Å². The molecule has 5 aromatic rings. The van der Waals surface area contributed by atoms with E-state index in [1.807, 2.05) is 47.4 Å². The minimum atomic E-state index is -0.459. The summed E-state index contributed by atoms with van der Waals surface area (Å²) in [5.41, 5.74) is 3.17. The summed E-state index contributed by atoms with van der Waals surface area (Å²) in [6.07, 6.45) is 1.59. The monoisotopic (exact) mass is 457 g/mol. The Labute approximate surface area is 195 Å². The summed E-state index contributed by atoms with van der Waals surface area (Å²) in [5.74, 6) is 0.600. The van der Waals surface area contributed by atoms with Crippen molar-refractivity contribution in [3.63, 3.8) is 0 Å². The number of hydrogen-bond acceptors (Lipinski definition) is 4. The van der Waals surface area contributed by atoms with Crippen molar-refractivity contribution in [3.05, 3.63) is 120 Å². The Morgan fingerprint density at radius 3 is 2.44 bits per heavy atom. The summed E-state index contributed by atoms with van der Waals surface area (Å²) in [5, 5.41) is 7.42. The average Bonchev–Trinajstić information content (AvgIpc) is 3.56. The highest BCUT2D eigenvalue weighted by atomic mass is 19.1. The van der Waals surface area contributed by atoms with E-state index in [4.69, 9.17) is 9.15 Å². The lowest BCUT2D eigenvalue weighted by Crippen LogP contribution is -2.17. The Kier molecular flexibility index (Phi) is 6.07. The van der Waals surface area contributed by atoms with E-state index >= 15 is 0 Å². The van der Waals surface area contributed by atoms with Crippen LogP contribution in [-0.4, -0.2) is 10.2 Å². The third kappa shape index (κ3) is 4.83. The van der Waals surface area contributed by atoms with Crippen molar-refractivity contribution in [1.29, 1.82) is 0 Å². The minimum Gasteiger partial charge on any atom is -0.486 e. The van der Waals surface area contributed by atoms with Crippen LogP contribution in [0.15, 0.2) is 102 Å². The SMILES string of the molecule is Fc1ccc(CN(c2ccc(F)c(OCc3ccccc3)c2)c2cc(-c3ccco3)[nH]n2)cc1. The third-order valence-corrected chi connectivity index (χ3v) is 5.35. The third-order valence-electron chi connectivity index (χ3n) is 5.35. The number of aromatic nitrogens is 2. The molecule has 3 aromatic carbocycles. The van der Waals surface area contributed by atoms with E-state index in [0.717, 1.165) is 11.1 Å². The molecule has 5 nitrogen and oxygen atoms in total. The van der Waals surface area contributed by atoms with Gasteiger partial charge in [-0.15, -0.1) is 0 Å². The maximum absolute atomic E-state index is 14.6. The highest BCUT2D eigenvalue weighted by Gasteiger charge is 2.18. The molecule has 0 aliphatic heterocycles. The fourth-order valence-corrected chi connectivity index (χ4v) is 3.59. The van der Waals surface area contributed by atoms with E-state index in [1.165, 1.54) is 18.2 Å². The van der Waals surface area contributed by atoms with Crippen LogP contribution in [0.1, 0.15) is 11.1 Å². The normalized spacial score (nSPS) is 10.9. The zero-order valence-corrected chi connectivity index (χ0v) is 18.1. The number of halogens is 2. The summed E-state index contributed by atoms with van der Waals surface area (Å²) < 4.78 is 39.3. The summed E-state index contributed by atoms with van der Waals surface area (Å²) in [4.78, 5) is 1.89. The molecule has 34 heavy (non-hydrogen) atoms. The number of nitrogens with one attached hydrogen (secondary N) is 1. The first-order chi connectivity index (χ1) is 16.7. The zero-order chi connectivity index (χ0) is 23.3. The molecule has 0 aliphatic rings. The fraction of sp³-hybridized carbons (Fsp3) is 0.0741. The van der Waals surface area contributed by atoms with Crippen LogP contribution >= 0.6 is 0 Å². The Morgan fingerprint density at radius 1 is 0.853 bits per heavy atom. The molecule has 7 heteroatoms. The van der Waals surface area contributed by atoms with Gasteiger partial charge in [-0.25, -0.2) is 8.78 Å². The zero-order valence-electron chi connectivity index (χ0n) is 18.1. The van der Waals surface area contributed by atoms with E-state index in [9.17, 15) is 8.78 Å². The van der Waals surface area contributed by atoms with Gasteiger partial charge in [0.05, 0.1) is 6.26 Å². The van der Waals surface area contributed by atoms with Crippen LogP contribution in [0.2, 0.25) is 0 Å². The molecule has 0 fully saturated rings. The van der Waals surface area contributed by atoms with Crippen LogP contribution in [0.4, 0.5) is 20.3 Å². The molecule has 1 N–H and O–H groups in total. The van der Waals surface area contributed by atoms with Gasteiger partial charge < -0.3 is 14.1 Å². The smallest absolute Gasteiger partial charge is 0.165 e. The van der Waals surface area contributed by atoms with Gasteiger partial charge in [-0.3, -0.25) is 5.10 Å². The number of rotatable bonds is 8. The molecule has 0 amide bonds. The number of anilines is 2. The van der Waals surface area contributed by atoms with E-state index < -0.39 is 5.82 Å². The fourth-order valence-electron chi connectivity index (χ4n) is 3.59.